The van der Waals surface area contributed by atoms with Crippen LogP contribution in [0, 0.1) is 0 Å². The number of hydrogen-bond acceptors (Lipinski definition) is 3. The molecule has 33 heavy (non-hydrogen) atoms. The lowest BCUT2D eigenvalue weighted by Gasteiger charge is -2.28. The second-order valence-corrected chi connectivity index (χ2v) is 12.5. The van der Waals surface area contributed by atoms with E-state index in [1.54, 1.807) is 11.8 Å². The third kappa shape index (κ3) is 12.2. The fourth-order valence-electron chi connectivity index (χ4n) is 4.07. The molecule has 0 fully saturated rings. The molecular weight excluding hydrogens is 426 g/mol. The van der Waals surface area contributed by atoms with Gasteiger partial charge < -0.3 is 10.4 Å². The summed E-state index contributed by atoms with van der Waals surface area (Å²) in [5.74, 6) is 1.80. The first kappa shape index (κ1) is 29.9. The standard InChI is InChI=1S/C29H51NO2S/c1-8-9-10-11-12-13-14-15-16-17-18-30-26(31)22-33-21-23-19-24(28(2,3)4)27(32)25(20-23)29(5,6)7/h19-20,32H,8-18,21-22H2,1-7H3,(H,30,31). The van der Waals surface area contributed by atoms with Gasteiger partial charge in [0.2, 0.25) is 5.91 Å². The number of amides is 1. The van der Waals surface area contributed by atoms with Crippen molar-refractivity contribution in [3.63, 3.8) is 0 Å². The molecule has 0 saturated carbocycles. The van der Waals surface area contributed by atoms with E-state index in [0.717, 1.165) is 29.8 Å². The topological polar surface area (TPSA) is 49.3 Å². The average molecular weight is 478 g/mol. The fourth-order valence-corrected chi connectivity index (χ4v) is 4.87. The molecule has 1 rings (SSSR count). The molecule has 1 aromatic carbocycles. The Balaban J connectivity index is 2.33. The number of thioether (sulfide) groups is 1. The highest BCUT2D eigenvalue weighted by Crippen LogP contribution is 2.40. The zero-order chi connectivity index (χ0) is 24.9. The Hall–Kier alpha value is -1.16. The van der Waals surface area contributed by atoms with E-state index in [1.807, 2.05) is 0 Å². The molecule has 1 aromatic rings. The van der Waals surface area contributed by atoms with Crippen LogP contribution in [-0.2, 0) is 21.4 Å². The predicted molar refractivity (Wildman–Crippen MR) is 147 cm³/mol. The normalized spacial score (nSPS) is 12.2. The first-order chi connectivity index (χ1) is 15.5. The number of carbonyl (C=O) groups excluding carboxylic acids is 1. The largest absolute Gasteiger partial charge is 0.507 e. The van der Waals surface area contributed by atoms with Crippen LogP contribution in [0.2, 0.25) is 0 Å². The van der Waals surface area contributed by atoms with Gasteiger partial charge in [0.25, 0.3) is 0 Å². The molecule has 1 amide bonds. The molecule has 0 radical (unpaired) electrons. The van der Waals surface area contributed by atoms with Crippen LogP contribution in [0.3, 0.4) is 0 Å². The molecule has 190 valence electrons. The maximum atomic E-state index is 12.2. The minimum atomic E-state index is -0.128. The van der Waals surface area contributed by atoms with Crippen LogP contribution in [0.1, 0.15) is 129 Å². The fraction of sp³-hybridized carbons (Fsp3) is 0.759. The molecule has 3 nitrogen and oxygen atoms in total. The molecule has 0 aliphatic heterocycles. The molecule has 0 heterocycles. The van der Waals surface area contributed by atoms with Crippen molar-refractivity contribution in [2.75, 3.05) is 12.3 Å². The van der Waals surface area contributed by atoms with Gasteiger partial charge in [-0.3, -0.25) is 4.79 Å². The lowest BCUT2D eigenvalue weighted by atomic mass is 9.78. The summed E-state index contributed by atoms with van der Waals surface area (Å²) in [7, 11) is 0. The zero-order valence-corrected chi connectivity index (χ0v) is 23.4. The van der Waals surface area contributed by atoms with Gasteiger partial charge in [0, 0.05) is 12.3 Å². The number of unbranched alkanes of at least 4 members (excludes halogenated alkanes) is 9. The molecule has 2 N–H and O–H groups in total. The second kappa shape index (κ2) is 15.0. The molecule has 0 saturated heterocycles. The van der Waals surface area contributed by atoms with E-state index in [2.05, 4.69) is 65.9 Å². The number of nitrogens with one attached hydrogen (secondary N) is 1. The third-order valence-electron chi connectivity index (χ3n) is 6.14. The van der Waals surface area contributed by atoms with Crippen molar-refractivity contribution in [3.8, 4) is 5.75 Å². The number of rotatable bonds is 15. The second-order valence-electron chi connectivity index (χ2n) is 11.6. The SMILES string of the molecule is CCCCCCCCCCCCNC(=O)CSCc1cc(C(C)(C)C)c(O)c(C(C)(C)C)c1. The van der Waals surface area contributed by atoms with E-state index in [-0.39, 0.29) is 16.7 Å². The Morgan fingerprint density at radius 3 is 1.73 bits per heavy atom. The molecule has 0 aliphatic rings. The van der Waals surface area contributed by atoms with Gasteiger partial charge in [0.05, 0.1) is 5.75 Å². The summed E-state index contributed by atoms with van der Waals surface area (Å²) < 4.78 is 0. The number of carbonyl (C=O) groups is 1. The summed E-state index contributed by atoms with van der Waals surface area (Å²) >= 11 is 1.65. The Labute approximate surface area is 208 Å². The Morgan fingerprint density at radius 2 is 1.27 bits per heavy atom. The lowest BCUT2D eigenvalue weighted by molar-refractivity contribution is -0.118. The molecule has 0 spiro atoms. The smallest absolute Gasteiger partial charge is 0.230 e. The van der Waals surface area contributed by atoms with Crippen molar-refractivity contribution in [2.24, 2.45) is 0 Å². The Morgan fingerprint density at radius 1 is 0.818 bits per heavy atom. The van der Waals surface area contributed by atoms with Gasteiger partial charge in [0.1, 0.15) is 5.75 Å². The minimum absolute atomic E-state index is 0.127. The Bertz CT molecular complexity index is 666. The van der Waals surface area contributed by atoms with Crippen LogP contribution in [0.5, 0.6) is 5.75 Å². The van der Waals surface area contributed by atoms with E-state index in [1.165, 1.54) is 63.4 Å². The molecule has 4 heteroatoms. The summed E-state index contributed by atoms with van der Waals surface area (Å²) in [5.41, 5.74) is 2.89. The first-order valence-corrected chi connectivity index (χ1v) is 14.3. The summed E-state index contributed by atoms with van der Waals surface area (Å²) in [4.78, 5) is 12.2. The van der Waals surface area contributed by atoms with Crippen LogP contribution in [0.25, 0.3) is 0 Å². The van der Waals surface area contributed by atoms with Gasteiger partial charge in [-0.05, 0) is 33.9 Å². The number of hydrogen-bond donors (Lipinski definition) is 2. The third-order valence-corrected chi connectivity index (χ3v) is 7.14. The van der Waals surface area contributed by atoms with Crippen LogP contribution in [0.4, 0.5) is 0 Å². The molecule has 0 unspecified atom stereocenters. The average Bonchev–Trinajstić information content (AvgIpc) is 2.71. The molecular formula is C29H51NO2S. The minimum Gasteiger partial charge on any atom is -0.507 e. The van der Waals surface area contributed by atoms with Crippen LogP contribution in [-0.4, -0.2) is 23.3 Å². The highest BCUT2D eigenvalue weighted by molar-refractivity contribution is 7.99. The van der Waals surface area contributed by atoms with Gasteiger partial charge in [-0.15, -0.1) is 11.8 Å². The maximum Gasteiger partial charge on any atom is 0.230 e. The quantitative estimate of drug-likeness (QED) is 0.250. The van der Waals surface area contributed by atoms with Gasteiger partial charge in [-0.25, -0.2) is 0 Å². The summed E-state index contributed by atoms with van der Waals surface area (Å²) in [6.45, 7) is 15.8. The van der Waals surface area contributed by atoms with Crippen LogP contribution < -0.4 is 5.32 Å². The van der Waals surface area contributed by atoms with E-state index in [9.17, 15) is 9.90 Å². The van der Waals surface area contributed by atoms with Crippen molar-refractivity contribution >= 4 is 17.7 Å². The van der Waals surface area contributed by atoms with E-state index in [0.29, 0.717) is 11.5 Å². The highest BCUT2D eigenvalue weighted by Gasteiger charge is 2.26. The summed E-state index contributed by atoms with van der Waals surface area (Å²) in [6, 6.07) is 4.22. The van der Waals surface area contributed by atoms with E-state index >= 15 is 0 Å². The number of phenolic OH excluding ortho intramolecular Hbond substituents is 1. The maximum absolute atomic E-state index is 12.2. The van der Waals surface area contributed by atoms with Crippen LogP contribution >= 0.6 is 11.8 Å². The van der Waals surface area contributed by atoms with Crippen molar-refractivity contribution in [3.05, 3.63) is 28.8 Å². The monoisotopic (exact) mass is 477 g/mol. The number of phenols is 1. The zero-order valence-electron chi connectivity index (χ0n) is 22.6. The van der Waals surface area contributed by atoms with Gasteiger partial charge >= 0.3 is 0 Å². The molecule has 0 aromatic heterocycles. The predicted octanol–water partition coefficient (Wildman–Crippen LogP) is 8.26. The first-order valence-electron chi connectivity index (χ1n) is 13.2. The van der Waals surface area contributed by atoms with E-state index < -0.39 is 0 Å². The highest BCUT2D eigenvalue weighted by atomic mass is 32.2. The molecule has 0 aliphatic carbocycles. The summed E-state index contributed by atoms with van der Waals surface area (Å²) in [6.07, 6.45) is 13.1. The van der Waals surface area contributed by atoms with Crippen LogP contribution in [0.15, 0.2) is 12.1 Å². The summed E-state index contributed by atoms with van der Waals surface area (Å²) in [5, 5.41) is 13.9. The lowest BCUT2D eigenvalue weighted by Crippen LogP contribution is -2.26. The van der Waals surface area contributed by atoms with Crippen molar-refractivity contribution in [1.29, 1.82) is 0 Å². The van der Waals surface area contributed by atoms with E-state index in [4.69, 9.17) is 0 Å². The van der Waals surface area contributed by atoms with Gasteiger partial charge in [-0.1, -0.05) is 118 Å². The number of benzene rings is 1. The molecule has 0 bridgehead atoms. The van der Waals surface area contributed by atoms with Crippen molar-refractivity contribution in [1.82, 2.24) is 5.32 Å². The Kier molecular flexibility index (Phi) is 13.5. The van der Waals surface area contributed by atoms with Crippen molar-refractivity contribution < 1.29 is 9.90 Å². The van der Waals surface area contributed by atoms with Gasteiger partial charge in [0.15, 0.2) is 0 Å². The van der Waals surface area contributed by atoms with Gasteiger partial charge in [-0.2, -0.15) is 0 Å². The van der Waals surface area contributed by atoms with Crippen molar-refractivity contribution in [2.45, 2.75) is 129 Å². The number of aromatic hydroxyl groups is 1. The molecule has 0 atom stereocenters.